The number of nitro benzene ring substituents is 1. The van der Waals surface area contributed by atoms with Crippen LogP contribution in [0.25, 0.3) is 0 Å². The smallest absolute Gasteiger partial charge is 0.271 e. The Labute approximate surface area is 95.2 Å². The number of nitrogens with zero attached hydrogens (tertiary/aromatic N) is 4. The number of hydrogen-bond donors (Lipinski definition) is 3. The molecule has 0 atom stereocenters. The van der Waals surface area contributed by atoms with Crippen LogP contribution in [-0.4, -0.2) is 25.5 Å². The first-order valence-electron chi connectivity index (χ1n) is 4.67. The Balaban J connectivity index is 2.09. The Kier molecular flexibility index (Phi) is 2.81. The van der Waals surface area contributed by atoms with Gasteiger partial charge in [0.05, 0.1) is 22.8 Å². The summed E-state index contributed by atoms with van der Waals surface area (Å²) in [5, 5.41) is 26.7. The van der Waals surface area contributed by atoms with Crippen LogP contribution in [0.2, 0.25) is 0 Å². The summed E-state index contributed by atoms with van der Waals surface area (Å²) in [7, 11) is 0. The fourth-order valence-corrected chi connectivity index (χ4v) is 1.26. The second kappa shape index (κ2) is 4.43. The number of nitrogen functional groups attached to an aromatic ring is 1. The summed E-state index contributed by atoms with van der Waals surface area (Å²) in [6.45, 7) is 0.332. The summed E-state index contributed by atoms with van der Waals surface area (Å²) in [6.07, 6.45) is 0. The minimum atomic E-state index is -0.501. The van der Waals surface area contributed by atoms with Crippen molar-refractivity contribution in [1.29, 1.82) is 0 Å². The van der Waals surface area contributed by atoms with Crippen LogP contribution in [0.4, 0.5) is 17.1 Å². The summed E-state index contributed by atoms with van der Waals surface area (Å²) >= 11 is 0. The van der Waals surface area contributed by atoms with Crippen LogP contribution in [0, 0.1) is 10.1 Å². The number of anilines is 2. The lowest BCUT2D eigenvalue weighted by Crippen LogP contribution is -2.04. The second-order valence-electron chi connectivity index (χ2n) is 3.21. The lowest BCUT2D eigenvalue weighted by Gasteiger charge is -2.06. The van der Waals surface area contributed by atoms with Crippen molar-refractivity contribution in [2.45, 2.75) is 6.54 Å². The Morgan fingerprint density at radius 1 is 1.53 bits per heavy atom. The van der Waals surface area contributed by atoms with E-state index in [0.29, 0.717) is 23.7 Å². The largest absolute Gasteiger partial charge is 0.397 e. The van der Waals surface area contributed by atoms with Gasteiger partial charge < -0.3 is 11.1 Å². The Hall–Kier alpha value is -2.71. The molecule has 17 heavy (non-hydrogen) atoms. The maximum absolute atomic E-state index is 10.5. The molecule has 1 aromatic heterocycles. The highest BCUT2D eigenvalue weighted by molar-refractivity contribution is 5.69. The van der Waals surface area contributed by atoms with E-state index in [9.17, 15) is 10.1 Å². The summed E-state index contributed by atoms with van der Waals surface area (Å²) in [5.74, 6) is 0.475. The quantitative estimate of drug-likeness (QED) is 0.394. The van der Waals surface area contributed by atoms with Crippen LogP contribution >= 0.6 is 0 Å². The van der Waals surface area contributed by atoms with E-state index in [2.05, 4.69) is 25.9 Å². The van der Waals surface area contributed by atoms with Crippen LogP contribution in [0.3, 0.4) is 0 Å². The number of aromatic amines is 1. The number of tetrazole rings is 1. The van der Waals surface area contributed by atoms with Gasteiger partial charge in [0.1, 0.15) is 0 Å². The number of benzene rings is 1. The average Bonchev–Trinajstić information content (AvgIpc) is 2.80. The van der Waals surface area contributed by atoms with Crippen LogP contribution in [-0.2, 0) is 6.54 Å². The Morgan fingerprint density at radius 3 is 2.94 bits per heavy atom. The summed E-state index contributed by atoms with van der Waals surface area (Å²) < 4.78 is 0. The van der Waals surface area contributed by atoms with Gasteiger partial charge in [-0.15, -0.1) is 10.2 Å². The van der Waals surface area contributed by atoms with Gasteiger partial charge in [-0.3, -0.25) is 10.1 Å². The van der Waals surface area contributed by atoms with E-state index in [1.807, 2.05) is 0 Å². The fraction of sp³-hybridized carbons (Fsp3) is 0.125. The first-order chi connectivity index (χ1) is 8.16. The fourth-order valence-electron chi connectivity index (χ4n) is 1.26. The summed E-state index contributed by atoms with van der Waals surface area (Å²) in [6, 6.07) is 4.20. The molecule has 1 aromatic carbocycles. The van der Waals surface area contributed by atoms with E-state index in [1.54, 1.807) is 0 Å². The molecule has 2 aromatic rings. The molecule has 0 unspecified atom stereocenters. The third-order valence-electron chi connectivity index (χ3n) is 2.07. The number of nitrogens with two attached hydrogens (primary N) is 1. The van der Waals surface area contributed by atoms with Crippen molar-refractivity contribution >= 4 is 17.1 Å². The monoisotopic (exact) mass is 235 g/mol. The predicted molar refractivity (Wildman–Crippen MR) is 59.0 cm³/mol. The Morgan fingerprint density at radius 2 is 2.35 bits per heavy atom. The maximum Gasteiger partial charge on any atom is 0.271 e. The van der Waals surface area contributed by atoms with Crippen LogP contribution in [0.1, 0.15) is 5.82 Å². The molecule has 0 aliphatic rings. The molecule has 0 fully saturated rings. The molecule has 0 radical (unpaired) electrons. The van der Waals surface area contributed by atoms with E-state index in [-0.39, 0.29) is 5.69 Å². The van der Waals surface area contributed by atoms with E-state index in [0.717, 1.165) is 0 Å². The SMILES string of the molecule is Nc1cc([N+](=O)[O-])ccc1NCc1nn[nH]n1. The first-order valence-corrected chi connectivity index (χ1v) is 4.67. The second-order valence-corrected chi connectivity index (χ2v) is 3.21. The van der Waals surface area contributed by atoms with E-state index < -0.39 is 4.92 Å². The minimum Gasteiger partial charge on any atom is -0.397 e. The van der Waals surface area contributed by atoms with Crippen molar-refractivity contribution in [2.75, 3.05) is 11.1 Å². The third kappa shape index (κ3) is 2.45. The van der Waals surface area contributed by atoms with Crippen LogP contribution in [0.5, 0.6) is 0 Å². The highest BCUT2D eigenvalue weighted by Gasteiger charge is 2.08. The van der Waals surface area contributed by atoms with E-state index >= 15 is 0 Å². The highest BCUT2D eigenvalue weighted by atomic mass is 16.6. The van der Waals surface area contributed by atoms with Crippen molar-refractivity contribution in [3.05, 3.63) is 34.1 Å². The van der Waals surface area contributed by atoms with E-state index in [1.165, 1.54) is 18.2 Å². The first kappa shape index (κ1) is 10.8. The minimum absolute atomic E-state index is 0.0485. The topological polar surface area (TPSA) is 136 Å². The average molecular weight is 235 g/mol. The molecule has 9 nitrogen and oxygen atoms in total. The molecule has 1 heterocycles. The zero-order chi connectivity index (χ0) is 12.3. The predicted octanol–water partition coefficient (Wildman–Crippen LogP) is 0.302. The molecule has 4 N–H and O–H groups in total. The van der Waals surface area contributed by atoms with Gasteiger partial charge in [-0.1, -0.05) is 5.21 Å². The molecule has 0 aliphatic heterocycles. The van der Waals surface area contributed by atoms with Gasteiger partial charge in [0, 0.05) is 12.1 Å². The van der Waals surface area contributed by atoms with Gasteiger partial charge in [0.15, 0.2) is 5.82 Å². The highest BCUT2D eigenvalue weighted by Crippen LogP contribution is 2.24. The number of hydrogen-bond acceptors (Lipinski definition) is 7. The van der Waals surface area contributed by atoms with Gasteiger partial charge >= 0.3 is 0 Å². The molecule has 0 saturated heterocycles. The molecule has 0 spiro atoms. The summed E-state index contributed by atoms with van der Waals surface area (Å²) in [4.78, 5) is 10.0. The molecule has 88 valence electrons. The summed E-state index contributed by atoms with van der Waals surface area (Å²) in [5.41, 5.74) is 6.50. The van der Waals surface area contributed by atoms with Gasteiger partial charge in [-0.25, -0.2) is 0 Å². The number of nitro groups is 1. The number of aromatic nitrogens is 4. The molecular formula is C8H9N7O2. The third-order valence-corrected chi connectivity index (χ3v) is 2.07. The maximum atomic E-state index is 10.5. The number of non-ortho nitro benzene ring substituents is 1. The molecule has 0 bridgehead atoms. The van der Waals surface area contributed by atoms with Crippen molar-refractivity contribution in [1.82, 2.24) is 20.6 Å². The molecule has 0 saturated carbocycles. The molecular weight excluding hydrogens is 226 g/mol. The van der Waals surface area contributed by atoms with Crippen molar-refractivity contribution in [3.8, 4) is 0 Å². The van der Waals surface area contributed by atoms with Gasteiger partial charge in [0.2, 0.25) is 0 Å². The van der Waals surface area contributed by atoms with Crippen molar-refractivity contribution < 1.29 is 4.92 Å². The van der Waals surface area contributed by atoms with Gasteiger partial charge in [-0.05, 0) is 6.07 Å². The molecule has 0 aliphatic carbocycles. The van der Waals surface area contributed by atoms with Crippen molar-refractivity contribution in [3.63, 3.8) is 0 Å². The van der Waals surface area contributed by atoms with Gasteiger partial charge in [-0.2, -0.15) is 5.21 Å². The number of nitrogens with one attached hydrogen (secondary N) is 2. The van der Waals surface area contributed by atoms with Crippen LogP contribution in [0.15, 0.2) is 18.2 Å². The molecule has 2 rings (SSSR count). The Bertz CT molecular complexity index is 525. The lowest BCUT2D eigenvalue weighted by molar-refractivity contribution is -0.384. The van der Waals surface area contributed by atoms with Crippen LogP contribution < -0.4 is 11.1 Å². The number of H-pyrrole nitrogens is 1. The number of rotatable bonds is 4. The zero-order valence-corrected chi connectivity index (χ0v) is 8.62. The standard InChI is InChI=1S/C8H9N7O2/c9-6-3-5(15(16)17)1-2-7(6)10-4-8-11-13-14-12-8/h1-3,10H,4,9H2,(H,11,12,13,14). The molecule has 0 amide bonds. The normalized spacial score (nSPS) is 10.1. The van der Waals surface area contributed by atoms with E-state index in [4.69, 9.17) is 5.73 Å². The zero-order valence-electron chi connectivity index (χ0n) is 8.62. The lowest BCUT2D eigenvalue weighted by atomic mass is 10.2. The van der Waals surface area contributed by atoms with Crippen molar-refractivity contribution in [2.24, 2.45) is 0 Å². The van der Waals surface area contributed by atoms with Gasteiger partial charge in [0.25, 0.3) is 5.69 Å². The molecule has 9 heteroatoms.